The molecule has 3 rings (SSSR count). The number of amides is 2. The molecule has 0 bridgehead atoms. The Kier molecular flexibility index (Phi) is 10.1. The summed E-state index contributed by atoms with van der Waals surface area (Å²) in [6.07, 6.45) is 0. The molecule has 3 aromatic rings. The molecule has 1 N–H and O–H groups in total. The molecular weight excluding hydrogens is 569 g/mol. The van der Waals surface area contributed by atoms with Gasteiger partial charge in [0.25, 0.3) is 10.0 Å². The summed E-state index contributed by atoms with van der Waals surface area (Å²) in [5.74, 6) is -0.991. The minimum Gasteiger partial charge on any atom is -0.352 e. The summed E-state index contributed by atoms with van der Waals surface area (Å²) in [7, 11) is -4.20. The van der Waals surface area contributed by atoms with Crippen molar-refractivity contribution in [2.75, 3.05) is 10.8 Å². The standard InChI is InChI=1S/C27H28Cl3N3O4S/c1-18(2)31-27(35)19(3)32(16-20-9-7-8-12-23(20)28)26(34)17-33(21-13-14-24(29)25(30)15-21)38(36,37)22-10-5-4-6-11-22/h4-15,18-19H,16-17H2,1-3H3,(H,31,35)/t19-/m0/s1. The third kappa shape index (κ3) is 7.20. The fraction of sp³-hybridized carbons (Fsp3) is 0.259. The van der Waals surface area contributed by atoms with E-state index >= 15 is 0 Å². The number of halogens is 3. The highest BCUT2D eigenvalue weighted by Crippen LogP contribution is 2.31. The Morgan fingerprint density at radius 1 is 0.842 bits per heavy atom. The van der Waals surface area contributed by atoms with Gasteiger partial charge < -0.3 is 10.2 Å². The molecule has 0 unspecified atom stereocenters. The largest absolute Gasteiger partial charge is 0.352 e. The number of hydrogen-bond acceptors (Lipinski definition) is 4. The quantitative estimate of drug-likeness (QED) is 0.321. The molecule has 0 aromatic heterocycles. The average molecular weight is 597 g/mol. The third-order valence-corrected chi connectivity index (χ3v) is 8.59. The van der Waals surface area contributed by atoms with Crippen molar-refractivity contribution in [3.05, 3.63) is 93.4 Å². The highest BCUT2D eigenvalue weighted by Gasteiger charge is 2.33. The predicted molar refractivity (Wildman–Crippen MR) is 152 cm³/mol. The number of sulfonamides is 1. The van der Waals surface area contributed by atoms with E-state index in [1.54, 1.807) is 49.4 Å². The van der Waals surface area contributed by atoms with E-state index in [4.69, 9.17) is 34.8 Å². The maximum atomic E-state index is 13.8. The van der Waals surface area contributed by atoms with Gasteiger partial charge in [-0.2, -0.15) is 0 Å². The minimum absolute atomic E-state index is 0.00815. The summed E-state index contributed by atoms with van der Waals surface area (Å²) in [5.41, 5.74) is 0.757. The van der Waals surface area contributed by atoms with E-state index in [-0.39, 0.29) is 39.1 Å². The van der Waals surface area contributed by atoms with Gasteiger partial charge in [0.2, 0.25) is 11.8 Å². The molecule has 11 heteroatoms. The summed E-state index contributed by atoms with van der Waals surface area (Å²) < 4.78 is 28.4. The maximum Gasteiger partial charge on any atom is 0.264 e. The van der Waals surface area contributed by atoms with E-state index in [0.29, 0.717) is 10.6 Å². The minimum atomic E-state index is -4.20. The van der Waals surface area contributed by atoms with Crippen LogP contribution in [-0.4, -0.2) is 43.8 Å². The van der Waals surface area contributed by atoms with E-state index in [2.05, 4.69) is 5.32 Å². The molecule has 0 heterocycles. The van der Waals surface area contributed by atoms with Crippen LogP contribution in [0.5, 0.6) is 0 Å². The van der Waals surface area contributed by atoms with Gasteiger partial charge in [-0.1, -0.05) is 71.2 Å². The molecule has 38 heavy (non-hydrogen) atoms. The Bertz CT molecular complexity index is 1400. The van der Waals surface area contributed by atoms with Crippen LogP contribution in [0.3, 0.4) is 0 Å². The highest BCUT2D eigenvalue weighted by molar-refractivity contribution is 7.92. The van der Waals surface area contributed by atoms with Crippen LogP contribution in [0.4, 0.5) is 5.69 Å². The molecule has 0 saturated heterocycles. The lowest BCUT2D eigenvalue weighted by molar-refractivity contribution is -0.139. The van der Waals surface area contributed by atoms with Gasteiger partial charge in [-0.15, -0.1) is 0 Å². The molecule has 0 saturated carbocycles. The average Bonchev–Trinajstić information content (AvgIpc) is 2.88. The summed E-state index contributed by atoms with van der Waals surface area (Å²) in [6.45, 7) is 4.60. The zero-order valence-corrected chi connectivity index (χ0v) is 24.2. The van der Waals surface area contributed by atoms with Crippen molar-refractivity contribution in [1.82, 2.24) is 10.2 Å². The van der Waals surface area contributed by atoms with Crippen molar-refractivity contribution in [2.24, 2.45) is 0 Å². The summed E-state index contributed by atoms with van der Waals surface area (Å²) in [4.78, 5) is 28.1. The molecule has 0 fully saturated rings. The number of benzene rings is 3. The van der Waals surface area contributed by atoms with Gasteiger partial charge in [0.05, 0.1) is 20.6 Å². The number of carbonyl (C=O) groups is 2. The maximum absolute atomic E-state index is 13.8. The summed E-state index contributed by atoms with van der Waals surface area (Å²) >= 11 is 18.6. The van der Waals surface area contributed by atoms with Gasteiger partial charge in [-0.3, -0.25) is 13.9 Å². The molecule has 3 aromatic carbocycles. The monoisotopic (exact) mass is 595 g/mol. The number of carbonyl (C=O) groups excluding carboxylic acids is 2. The first-order valence-corrected chi connectivity index (χ1v) is 14.3. The lowest BCUT2D eigenvalue weighted by Gasteiger charge is -2.32. The van der Waals surface area contributed by atoms with E-state index in [1.165, 1.54) is 35.2 Å². The van der Waals surface area contributed by atoms with E-state index in [1.807, 2.05) is 13.8 Å². The predicted octanol–water partition coefficient (Wildman–Crippen LogP) is 5.78. The second-order valence-electron chi connectivity index (χ2n) is 8.88. The molecule has 1 atom stereocenters. The Balaban J connectivity index is 2.06. The van der Waals surface area contributed by atoms with Crippen molar-refractivity contribution < 1.29 is 18.0 Å². The smallest absolute Gasteiger partial charge is 0.264 e. The van der Waals surface area contributed by atoms with Gasteiger partial charge in [0.1, 0.15) is 12.6 Å². The molecule has 0 radical (unpaired) electrons. The van der Waals surface area contributed by atoms with Gasteiger partial charge in [0, 0.05) is 17.6 Å². The Morgan fingerprint density at radius 2 is 1.47 bits per heavy atom. The van der Waals surface area contributed by atoms with Crippen molar-refractivity contribution in [3.8, 4) is 0 Å². The van der Waals surface area contributed by atoms with Crippen LogP contribution in [0.1, 0.15) is 26.3 Å². The number of rotatable bonds is 10. The van der Waals surface area contributed by atoms with Crippen molar-refractivity contribution in [2.45, 2.75) is 44.3 Å². The Labute approximate surface area is 238 Å². The zero-order valence-electron chi connectivity index (χ0n) is 21.1. The normalized spacial score (nSPS) is 12.2. The van der Waals surface area contributed by atoms with Gasteiger partial charge >= 0.3 is 0 Å². The van der Waals surface area contributed by atoms with Crippen molar-refractivity contribution in [3.63, 3.8) is 0 Å². The lowest BCUT2D eigenvalue weighted by Crippen LogP contribution is -2.52. The van der Waals surface area contributed by atoms with Crippen LogP contribution < -0.4 is 9.62 Å². The summed E-state index contributed by atoms with van der Waals surface area (Å²) in [6, 6.07) is 17.9. The second-order valence-corrected chi connectivity index (χ2v) is 12.0. The van der Waals surface area contributed by atoms with Crippen LogP contribution in [0.25, 0.3) is 0 Å². The van der Waals surface area contributed by atoms with Crippen LogP contribution in [0, 0.1) is 0 Å². The second kappa shape index (κ2) is 12.8. The lowest BCUT2D eigenvalue weighted by atomic mass is 10.1. The number of nitrogens with one attached hydrogen (secondary N) is 1. The van der Waals surface area contributed by atoms with E-state index in [0.717, 1.165) is 4.31 Å². The van der Waals surface area contributed by atoms with Crippen LogP contribution >= 0.6 is 34.8 Å². The first kappa shape index (κ1) is 29.8. The highest BCUT2D eigenvalue weighted by atomic mass is 35.5. The molecule has 2 amide bonds. The Morgan fingerprint density at radius 3 is 2.08 bits per heavy atom. The van der Waals surface area contributed by atoms with Crippen molar-refractivity contribution in [1.29, 1.82) is 0 Å². The van der Waals surface area contributed by atoms with Gasteiger partial charge in [-0.05, 0) is 62.7 Å². The first-order chi connectivity index (χ1) is 17.9. The first-order valence-electron chi connectivity index (χ1n) is 11.8. The van der Waals surface area contributed by atoms with Crippen molar-refractivity contribution >= 4 is 62.3 Å². The van der Waals surface area contributed by atoms with E-state index < -0.39 is 28.5 Å². The Hall–Kier alpha value is -2.78. The summed E-state index contributed by atoms with van der Waals surface area (Å²) in [5, 5.41) is 3.58. The zero-order chi connectivity index (χ0) is 28.0. The fourth-order valence-electron chi connectivity index (χ4n) is 3.69. The van der Waals surface area contributed by atoms with Gasteiger partial charge in [0.15, 0.2) is 0 Å². The number of anilines is 1. The number of nitrogens with zero attached hydrogens (tertiary/aromatic N) is 2. The molecular formula is C27H28Cl3N3O4S. The molecule has 0 aliphatic rings. The molecule has 202 valence electrons. The van der Waals surface area contributed by atoms with E-state index in [9.17, 15) is 18.0 Å². The number of hydrogen-bond donors (Lipinski definition) is 1. The molecule has 0 aliphatic carbocycles. The molecule has 7 nitrogen and oxygen atoms in total. The van der Waals surface area contributed by atoms with Crippen LogP contribution in [0.2, 0.25) is 15.1 Å². The van der Waals surface area contributed by atoms with Gasteiger partial charge in [-0.25, -0.2) is 8.42 Å². The molecule has 0 spiro atoms. The van der Waals surface area contributed by atoms with Crippen LogP contribution in [-0.2, 0) is 26.2 Å². The molecule has 0 aliphatic heterocycles. The topological polar surface area (TPSA) is 86.8 Å². The SMILES string of the molecule is CC(C)NC(=O)[C@H](C)N(Cc1ccccc1Cl)C(=O)CN(c1ccc(Cl)c(Cl)c1)S(=O)(=O)c1ccccc1. The fourth-order valence-corrected chi connectivity index (χ4v) is 5.60. The van der Waals surface area contributed by atoms with Crippen LogP contribution in [0.15, 0.2) is 77.7 Å². The third-order valence-electron chi connectivity index (χ3n) is 5.70.